The van der Waals surface area contributed by atoms with E-state index in [1.165, 1.54) is 18.0 Å². The molecule has 1 heterocycles. The minimum atomic E-state index is -0.340. The second-order valence-corrected chi connectivity index (χ2v) is 6.16. The quantitative estimate of drug-likeness (QED) is 0.843. The van der Waals surface area contributed by atoms with Gasteiger partial charge in [-0.25, -0.2) is 0 Å². The van der Waals surface area contributed by atoms with Crippen LogP contribution in [-0.4, -0.2) is 14.7 Å². The van der Waals surface area contributed by atoms with Gasteiger partial charge in [-0.2, -0.15) is 0 Å². The summed E-state index contributed by atoms with van der Waals surface area (Å²) in [6.45, 7) is 6.34. The highest BCUT2D eigenvalue weighted by atomic mass is 32.1. The van der Waals surface area contributed by atoms with Gasteiger partial charge in [-0.15, -0.1) is 5.10 Å². The molecule has 0 radical (unpaired) electrons. The predicted molar refractivity (Wildman–Crippen MR) is 60.9 cm³/mol. The highest BCUT2D eigenvalue weighted by Gasteiger charge is 2.33. The number of rotatable bonds is 2. The van der Waals surface area contributed by atoms with E-state index in [1.54, 1.807) is 0 Å². The summed E-state index contributed by atoms with van der Waals surface area (Å²) in [7, 11) is 0. The van der Waals surface area contributed by atoms with Gasteiger partial charge in [0.25, 0.3) is 0 Å². The molecule has 0 aromatic carbocycles. The van der Waals surface area contributed by atoms with Crippen LogP contribution in [0, 0.1) is 5.92 Å². The highest BCUT2D eigenvalue weighted by Crippen LogP contribution is 2.41. The van der Waals surface area contributed by atoms with Crippen molar-refractivity contribution in [2.75, 3.05) is 0 Å². The maximum absolute atomic E-state index is 10.2. The lowest BCUT2D eigenvalue weighted by Gasteiger charge is -2.30. The van der Waals surface area contributed by atoms with E-state index in [4.69, 9.17) is 0 Å². The lowest BCUT2D eigenvalue weighted by atomic mass is 9.79. The Morgan fingerprint density at radius 3 is 2.53 bits per heavy atom. The van der Waals surface area contributed by atoms with Gasteiger partial charge >= 0.3 is 0 Å². The number of aliphatic hydroxyl groups is 1. The highest BCUT2D eigenvalue weighted by molar-refractivity contribution is 7.05. The van der Waals surface area contributed by atoms with Gasteiger partial charge in [-0.3, -0.25) is 0 Å². The van der Waals surface area contributed by atoms with Gasteiger partial charge in [-0.1, -0.05) is 31.7 Å². The third-order valence-electron chi connectivity index (χ3n) is 3.09. The maximum Gasteiger partial charge on any atom is 0.0945 e. The molecule has 1 aliphatic carbocycles. The molecule has 0 amide bonds. The first-order valence-electron chi connectivity index (χ1n) is 5.51. The molecule has 0 aliphatic heterocycles. The van der Waals surface area contributed by atoms with Crippen LogP contribution in [0.25, 0.3) is 0 Å². The Morgan fingerprint density at radius 2 is 2.07 bits per heavy atom. The summed E-state index contributed by atoms with van der Waals surface area (Å²) in [6, 6.07) is 0. The molecular formula is C11H18N2OS. The smallest absolute Gasteiger partial charge is 0.0945 e. The number of hydrogen-bond acceptors (Lipinski definition) is 4. The van der Waals surface area contributed by atoms with Crippen molar-refractivity contribution < 1.29 is 5.11 Å². The summed E-state index contributed by atoms with van der Waals surface area (Å²) in [5, 5.41) is 14.4. The zero-order chi connectivity index (χ0) is 11.1. The molecule has 1 unspecified atom stereocenters. The first kappa shape index (κ1) is 11.0. The molecule has 1 aromatic heterocycles. The summed E-state index contributed by atoms with van der Waals surface area (Å²) in [5.41, 5.74) is 0.944. The Morgan fingerprint density at radius 1 is 1.40 bits per heavy atom. The molecule has 1 aliphatic rings. The van der Waals surface area contributed by atoms with Crippen molar-refractivity contribution in [3.05, 3.63) is 10.6 Å². The van der Waals surface area contributed by atoms with Crippen molar-refractivity contribution in [3.63, 3.8) is 0 Å². The molecular weight excluding hydrogens is 208 g/mol. The van der Waals surface area contributed by atoms with Crippen LogP contribution >= 0.6 is 11.5 Å². The van der Waals surface area contributed by atoms with Crippen LogP contribution in [0.15, 0.2) is 0 Å². The summed E-state index contributed by atoms with van der Waals surface area (Å²) in [6.07, 6.45) is 3.19. The standard InChI is InChI=1S/C11H18N2OS/c1-11(2,3)10-9(15-13-12-10)8(14)7-5-4-6-7/h7-8,14H,4-6H2,1-3H3. The fourth-order valence-corrected chi connectivity index (χ4v) is 2.83. The second kappa shape index (κ2) is 3.83. The lowest BCUT2D eigenvalue weighted by molar-refractivity contribution is 0.0634. The first-order valence-corrected chi connectivity index (χ1v) is 6.28. The van der Waals surface area contributed by atoms with E-state index in [0.717, 1.165) is 23.4 Å². The van der Waals surface area contributed by atoms with E-state index < -0.39 is 0 Å². The molecule has 0 spiro atoms. The van der Waals surface area contributed by atoms with Crippen molar-refractivity contribution in [2.24, 2.45) is 5.92 Å². The molecule has 0 saturated heterocycles. The lowest BCUT2D eigenvalue weighted by Crippen LogP contribution is -2.23. The fraction of sp³-hybridized carbons (Fsp3) is 0.818. The molecule has 1 N–H and O–H groups in total. The van der Waals surface area contributed by atoms with Gasteiger partial charge in [0.05, 0.1) is 16.7 Å². The minimum Gasteiger partial charge on any atom is -0.387 e. The van der Waals surface area contributed by atoms with Crippen LogP contribution in [-0.2, 0) is 5.41 Å². The Labute approximate surface area is 94.7 Å². The van der Waals surface area contributed by atoms with E-state index in [-0.39, 0.29) is 11.5 Å². The van der Waals surface area contributed by atoms with Gasteiger partial charge in [0, 0.05) is 5.41 Å². The third kappa shape index (κ3) is 2.06. The van der Waals surface area contributed by atoms with E-state index in [1.807, 2.05) is 0 Å². The molecule has 1 atom stereocenters. The summed E-state index contributed by atoms with van der Waals surface area (Å²) >= 11 is 1.35. The van der Waals surface area contributed by atoms with Gasteiger partial charge < -0.3 is 5.11 Å². The van der Waals surface area contributed by atoms with Crippen molar-refractivity contribution in [1.29, 1.82) is 0 Å². The van der Waals surface area contributed by atoms with E-state index >= 15 is 0 Å². The van der Waals surface area contributed by atoms with Gasteiger partial charge in [-0.05, 0) is 30.3 Å². The zero-order valence-corrected chi connectivity index (χ0v) is 10.3. The topological polar surface area (TPSA) is 46.0 Å². The summed E-state index contributed by atoms with van der Waals surface area (Å²) in [5.74, 6) is 0.438. The normalized spacial score (nSPS) is 20.0. The second-order valence-electron chi connectivity index (χ2n) is 5.37. The zero-order valence-electron chi connectivity index (χ0n) is 9.53. The Bertz CT molecular complexity index is 339. The Balaban J connectivity index is 2.23. The van der Waals surface area contributed by atoms with E-state index in [0.29, 0.717) is 5.92 Å². The number of aliphatic hydroxyl groups excluding tert-OH is 1. The molecule has 1 fully saturated rings. The summed E-state index contributed by atoms with van der Waals surface area (Å²) < 4.78 is 3.98. The average Bonchev–Trinajstić information content (AvgIpc) is 2.45. The predicted octanol–water partition coefficient (Wildman–Crippen LogP) is 2.67. The van der Waals surface area contributed by atoms with E-state index in [2.05, 4.69) is 30.4 Å². The van der Waals surface area contributed by atoms with Crippen LogP contribution < -0.4 is 0 Å². The van der Waals surface area contributed by atoms with Gasteiger partial charge in [0.15, 0.2) is 0 Å². The third-order valence-corrected chi connectivity index (χ3v) is 3.88. The molecule has 1 saturated carbocycles. The molecule has 84 valence electrons. The van der Waals surface area contributed by atoms with Gasteiger partial charge in [0.1, 0.15) is 0 Å². The number of aromatic nitrogens is 2. The molecule has 3 nitrogen and oxygen atoms in total. The molecule has 2 rings (SSSR count). The molecule has 1 aromatic rings. The minimum absolute atomic E-state index is 0.0208. The molecule has 4 heteroatoms. The van der Waals surface area contributed by atoms with Crippen LogP contribution in [0.5, 0.6) is 0 Å². The molecule has 0 bridgehead atoms. The summed E-state index contributed by atoms with van der Waals surface area (Å²) in [4.78, 5) is 0.979. The first-order chi connectivity index (χ1) is 7.00. The monoisotopic (exact) mass is 226 g/mol. The van der Waals surface area contributed by atoms with Crippen LogP contribution in [0.2, 0.25) is 0 Å². The van der Waals surface area contributed by atoms with Crippen molar-refractivity contribution in [1.82, 2.24) is 9.59 Å². The number of hydrogen-bond donors (Lipinski definition) is 1. The van der Waals surface area contributed by atoms with E-state index in [9.17, 15) is 5.11 Å². The largest absolute Gasteiger partial charge is 0.387 e. The SMILES string of the molecule is CC(C)(C)c1nnsc1C(O)C1CCC1. The van der Waals surface area contributed by atoms with Crippen molar-refractivity contribution >= 4 is 11.5 Å². The van der Waals surface area contributed by atoms with Crippen molar-refractivity contribution in [2.45, 2.75) is 51.6 Å². The van der Waals surface area contributed by atoms with Gasteiger partial charge in [0.2, 0.25) is 0 Å². The number of nitrogens with zero attached hydrogens (tertiary/aromatic N) is 2. The van der Waals surface area contributed by atoms with Crippen LogP contribution in [0.4, 0.5) is 0 Å². The van der Waals surface area contributed by atoms with Crippen LogP contribution in [0.3, 0.4) is 0 Å². The Kier molecular flexibility index (Phi) is 2.81. The maximum atomic E-state index is 10.2. The average molecular weight is 226 g/mol. The van der Waals surface area contributed by atoms with Crippen molar-refractivity contribution in [3.8, 4) is 0 Å². The Hall–Kier alpha value is -0.480. The fourth-order valence-electron chi connectivity index (χ4n) is 1.88. The molecule has 15 heavy (non-hydrogen) atoms. The van der Waals surface area contributed by atoms with Crippen LogP contribution in [0.1, 0.15) is 56.7 Å².